The number of halogens is 1. The predicted octanol–water partition coefficient (Wildman–Crippen LogP) is 3.87. The van der Waals surface area contributed by atoms with Crippen molar-refractivity contribution in [3.8, 4) is 11.3 Å². The van der Waals surface area contributed by atoms with Crippen molar-refractivity contribution < 1.29 is 4.79 Å². The van der Waals surface area contributed by atoms with Crippen molar-refractivity contribution >= 4 is 50.1 Å². The number of hydrogen-bond acceptors (Lipinski definition) is 4. The largest absolute Gasteiger partial charge is 0.301 e. The van der Waals surface area contributed by atoms with E-state index in [9.17, 15) is 4.79 Å². The number of amides is 1. The van der Waals surface area contributed by atoms with E-state index in [-0.39, 0.29) is 5.91 Å². The number of rotatable bonds is 4. The molecule has 1 N–H and O–H groups in total. The van der Waals surface area contributed by atoms with Crippen LogP contribution in [0.2, 0.25) is 0 Å². The van der Waals surface area contributed by atoms with Crippen molar-refractivity contribution in [2.75, 3.05) is 17.3 Å². The summed E-state index contributed by atoms with van der Waals surface area (Å²) in [7, 11) is 0. The third-order valence-electron chi connectivity index (χ3n) is 2.17. The predicted molar refractivity (Wildman–Crippen MR) is 82.3 cm³/mol. The number of anilines is 1. The van der Waals surface area contributed by atoms with Crippen molar-refractivity contribution in [2.24, 2.45) is 0 Å². The molecule has 1 amide bonds. The van der Waals surface area contributed by atoms with Crippen LogP contribution < -0.4 is 5.32 Å². The zero-order valence-electron chi connectivity index (χ0n) is 9.64. The minimum atomic E-state index is -0.0146. The minimum absolute atomic E-state index is 0.0146. The van der Waals surface area contributed by atoms with Crippen molar-refractivity contribution in [1.29, 1.82) is 0 Å². The summed E-state index contributed by atoms with van der Waals surface area (Å²) in [6.45, 7) is 0. The standard InChI is InChI=1S/C12H11BrN2OS2/c1-17-7-11(16)15-12-14-10(6-18-12)8-2-4-9(13)5-3-8/h2-6H,7H2,1H3,(H,14,15,16). The Labute approximate surface area is 122 Å². The van der Waals surface area contributed by atoms with Crippen LogP contribution in [0, 0.1) is 0 Å². The van der Waals surface area contributed by atoms with E-state index >= 15 is 0 Å². The monoisotopic (exact) mass is 342 g/mol. The Morgan fingerprint density at radius 3 is 2.83 bits per heavy atom. The second-order valence-electron chi connectivity index (χ2n) is 3.53. The Morgan fingerprint density at radius 2 is 2.17 bits per heavy atom. The molecule has 18 heavy (non-hydrogen) atoms. The first-order valence-corrected chi connectivity index (χ1v) is 8.26. The minimum Gasteiger partial charge on any atom is -0.301 e. The highest BCUT2D eigenvalue weighted by Gasteiger charge is 2.07. The molecule has 0 unspecified atom stereocenters. The molecule has 0 aliphatic heterocycles. The van der Waals surface area contributed by atoms with Gasteiger partial charge in [0.2, 0.25) is 5.91 Å². The molecule has 94 valence electrons. The van der Waals surface area contributed by atoms with E-state index in [1.54, 1.807) is 0 Å². The van der Waals surface area contributed by atoms with Crippen LogP contribution in [-0.4, -0.2) is 22.9 Å². The van der Waals surface area contributed by atoms with Crippen molar-refractivity contribution in [1.82, 2.24) is 4.98 Å². The first-order valence-electron chi connectivity index (χ1n) is 5.19. The van der Waals surface area contributed by atoms with Gasteiger partial charge in [0.25, 0.3) is 0 Å². The van der Waals surface area contributed by atoms with Crippen LogP contribution in [0.5, 0.6) is 0 Å². The van der Waals surface area contributed by atoms with Gasteiger partial charge in [-0.1, -0.05) is 28.1 Å². The molecule has 0 aliphatic rings. The Balaban J connectivity index is 2.10. The molecule has 0 saturated carbocycles. The van der Waals surface area contributed by atoms with E-state index in [1.807, 2.05) is 35.9 Å². The van der Waals surface area contributed by atoms with Crippen LogP contribution in [0.1, 0.15) is 0 Å². The van der Waals surface area contributed by atoms with E-state index in [1.165, 1.54) is 23.1 Å². The number of carbonyl (C=O) groups excluding carboxylic acids is 1. The zero-order chi connectivity index (χ0) is 13.0. The summed E-state index contributed by atoms with van der Waals surface area (Å²) in [4.78, 5) is 15.8. The normalized spacial score (nSPS) is 10.3. The fourth-order valence-corrected chi connectivity index (χ4v) is 2.71. The first-order chi connectivity index (χ1) is 8.69. The van der Waals surface area contributed by atoms with Crippen LogP contribution in [0.25, 0.3) is 11.3 Å². The van der Waals surface area contributed by atoms with Crippen LogP contribution in [0.4, 0.5) is 5.13 Å². The number of carbonyl (C=O) groups is 1. The lowest BCUT2D eigenvalue weighted by atomic mass is 10.2. The molecule has 0 bridgehead atoms. The molecule has 0 atom stereocenters. The Bertz CT molecular complexity index is 539. The molecule has 0 fully saturated rings. The Morgan fingerprint density at radius 1 is 1.44 bits per heavy atom. The van der Waals surface area contributed by atoms with E-state index in [2.05, 4.69) is 26.2 Å². The summed E-state index contributed by atoms with van der Waals surface area (Å²) in [5, 5.41) is 5.37. The van der Waals surface area contributed by atoms with Gasteiger partial charge in [0.15, 0.2) is 5.13 Å². The van der Waals surface area contributed by atoms with Crippen LogP contribution in [0.3, 0.4) is 0 Å². The molecule has 0 saturated heterocycles. The molecule has 1 aromatic carbocycles. The molecule has 2 rings (SSSR count). The van der Waals surface area contributed by atoms with E-state index < -0.39 is 0 Å². The average Bonchev–Trinajstić information content (AvgIpc) is 2.78. The number of hydrogen-bond donors (Lipinski definition) is 1. The lowest BCUT2D eigenvalue weighted by Gasteiger charge is -1.99. The molecule has 0 spiro atoms. The molecule has 1 aromatic heterocycles. The maximum absolute atomic E-state index is 11.4. The number of benzene rings is 1. The van der Waals surface area contributed by atoms with E-state index in [0.717, 1.165) is 15.7 Å². The average molecular weight is 343 g/mol. The number of thiazole rings is 1. The molecule has 0 aliphatic carbocycles. The maximum atomic E-state index is 11.4. The second-order valence-corrected chi connectivity index (χ2v) is 6.17. The van der Waals surface area contributed by atoms with Gasteiger partial charge in [0.05, 0.1) is 11.4 Å². The summed E-state index contributed by atoms with van der Waals surface area (Å²) in [6, 6.07) is 7.93. The van der Waals surface area contributed by atoms with Gasteiger partial charge >= 0.3 is 0 Å². The third-order valence-corrected chi connectivity index (χ3v) is 4.00. The number of thioether (sulfide) groups is 1. The van der Waals surface area contributed by atoms with Crippen molar-refractivity contribution in [3.05, 3.63) is 34.1 Å². The van der Waals surface area contributed by atoms with Gasteiger partial charge < -0.3 is 5.32 Å². The molecule has 2 aromatic rings. The highest BCUT2D eigenvalue weighted by Crippen LogP contribution is 2.26. The summed E-state index contributed by atoms with van der Waals surface area (Å²) >= 11 is 6.33. The van der Waals surface area contributed by atoms with Crippen molar-refractivity contribution in [2.45, 2.75) is 0 Å². The summed E-state index contributed by atoms with van der Waals surface area (Å²) in [5.41, 5.74) is 1.92. The fourth-order valence-electron chi connectivity index (χ4n) is 1.37. The van der Waals surface area contributed by atoms with Gasteiger partial charge in [-0.25, -0.2) is 4.98 Å². The topological polar surface area (TPSA) is 42.0 Å². The van der Waals surface area contributed by atoms with Gasteiger partial charge in [0.1, 0.15) is 0 Å². The Kier molecular flexibility index (Phi) is 4.79. The third kappa shape index (κ3) is 3.57. The molecular weight excluding hydrogens is 332 g/mol. The lowest BCUT2D eigenvalue weighted by molar-refractivity contribution is -0.113. The number of nitrogens with zero attached hydrogens (tertiary/aromatic N) is 1. The number of aromatic nitrogens is 1. The molecule has 1 heterocycles. The Hall–Kier alpha value is -0.850. The van der Waals surface area contributed by atoms with E-state index in [0.29, 0.717) is 10.9 Å². The quantitative estimate of drug-likeness (QED) is 0.916. The summed E-state index contributed by atoms with van der Waals surface area (Å²) < 4.78 is 1.04. The highest BCUT2D eigenvalue weighted by atomic mass is 79.9. The SMILES string of the molecule is CSCC(=O)Nc1nc(-c2ccc(Br)cc2)cs1. The summed E-state index contributed by atoms with van der Waals surface area (Å²) in [6.07, 6.45) is 1.90. The maximum Gasteiger partial charge on any atom is 0.236 e. The smallest absolute Gasteiger partial charge is 0.236 e. The number of nitrogens with one attached hydrogen (secondary N) is 1. The van der Waals surface area contributed by atoms with Crippen molar-refractivity contribution in [3.63, 3.8) is 0 Å². The first kappa shape index (κ1) is 13.6. The highest BCUT2D eigenvalue weighted by molar-refractivity contribution is 9.10. The zero-order valence-corrected chi connectivity index (χ0v) is 12.9. The molecule has 3 nitrogen and oxygen atoms in total. The van der Waals surface area contributed by atoms with Gasteiger partial charge in [-0.3, -0.25) is 4.79 Å². The lowest BCUT2D eigenvalue weighted by Crippen LogP contribution is -2.13. The molecular formula is C12H11BrN2OS2. The second kappa shape index (κ2) is 6.36. The fraction of sp³-hybridized carbons (Fsp3) is 0.167. The molecule has 6 heteroatoms. The van der Waals surface area contributed by atoms with Crippen LogP contribution in [-0.2, 0) is 4.79 Å². The van der Waals surface area contributed by atoms with Gasteiger partial charge in [0, 0.05) is 15.4 Å². The van der Waals surface area contributed by atoms with E-state index in [4.69, 9.17) is 0 Å². The summed E-state index contributed by atoms with van der Waals surface area (Å²) in [5.74, 6) is 0.437. The van der Waals surface area contributed by atoms with Gasteiger partial charge in [-0.2, -0.15) is 11.8 Å². The van der Waals surface area contributed by atoms with Crippen LogP contribution in [0.15, 0.2) is 34.1 Å². The van der Waals surface area contributed by atoms with Gasteiger partial charge in [-0.05, 0) is 18.4 Å². The molecule has 0 radical (unpaired) electrons. The van der Waals surface area contributed by atoms with Gasteiger partial charge in [-0.15, -0.1) is 11.3 Å². The van der Waals surface area contributed by atoms with Crippen LogP contribution >= 0.6 is 39.0 Å².